The maximum Gasteiger partial charge on any atom is 0.416 e. The van der Waals surface area contributed by atoms with Crippen molar-refractivity contribution in [1.29, 1.82) is 0 Å². The average Bonchev–Trinajstić information content (AvgIpc) is 2.80. The monoisotopic (exact) mass is 403 g/mol. The number of anilines is 1. The second-order valence-corrected chi connectivity index (χ2v) is 7.11. The van der Waals surface area contributed by atoms with Crippen molar-refractivity contribution in [3.63, 3.8) is 0 Å². The van der Waals surface area contributed by atoms with E-state index in [1.807, 2.05) is 0 Å². The number of benzene rings is 1. The van der Waals surface area contributed by atoms with Gasteiger partial charge in [-0.25, -0.2) is 4.79 Å². The van der Waals surface area contributed by atoms with Crippen LogP contribution in [0.5, 0.6) is 0 Å². The summed E-state index contributed by atoms with van der Waals surface area (Å²) in [4.78, 5) is 37.8. The molecule has 10 heteroatoms. The van der Waals surface area contributed by atoms with Crippen LogP contribution in [0.25, 0.3) is 0 Å². The number of amides is 4. The van der Waals surface area contributed by atoms with Gasteiger partial charge in [0.15, 0.2) is 0 Å². The highest BCUT2D eigenvalue weighted by Gasteiger charge is 2.51. The predicted molar refractivity (Wildman–Crippen MR) is 91.1 cm³/mol. The molecule has 1 spiro atoms. The van der Waals surface area contributed by atoms with Crippen molar-refractivity contribution in [2.75, 3.05) is 11.9 Å². The van der Waals surface area contributed by atoms with E-state index in [1.165, 1.54) is 0 Å². The van der Waals surface area contributed by atoms with E-state index in [-0.39, 0.29) is 10.7 Å². The minimum Gasteiger partial charge on any atom is -0.323 e. The van der Waals surface area contributed by atoms with Gasteiger partial charge in [-0.1, -0.05) is 30.9 Å². The van der Waals surface area contributed by atoms with Crippen LogP contribution in [0, 0.1) is 0 Å². The maximum absolute atomic E-state index is 12.8. The van der Waals surface area contributed by atoms with Crippen molar-refractivity contribution in [3.8, 4) is 0 Å². The molecule has 146 valence electrons. The summed E-state index contributed by atoms with van der Waals surface area (Å²) in [6.45, 7) is -0.598. The summed E-state index contributed by atoms with van der Waals surface area (Å²) in [5.74, 6) is -1.29. The highest BCUT2D eigenvalue weighted by Crippen LogP contribution is 2.35. The van der Waals surface area contributed by atoms with Gasteiger partial charge in [0.2, 0.25) is 5.91 Å². The summed E-state index contributed by atoms with van der Waals surface area (Å²) in [6, 6.07) is 1.84. The normalized spacial score (nSPS) is 19.3. The molecule has 1 aliphatic carbocycles. The third-order valence-electron chi connectivity index (χ3n) is 4.82. The number of alkyl halides is 3. The molecule has 27 heavy (non-hydrogen) atoms. The van der Waals surface area contributed by atoms with Gasteiger partial charge in [0.1, 0.15) is 12.1 Å². The van der Waals surface area contributed by atoms with Crippen LogP contribution >= 0.6 is 11.6 Å². The standard InChI is InChI=1S/C17H17ClF3N3O3/c18-11-5-4-10(17(19,20)21)8-12(11)22-13(25)9-24-14(26)16(23-15(24)27)6-2-1-3-7-16/h4-5,8H,1-3,6-7,9H2,(H,22,25)(H,23,27). The van der Waals surface area contributed by atoms with Crippen molar-refractivity contribution in [3.05, 3.63) is 28.8 Å². The van der Waals surface area contributed by atoms with E-state index >= 15 is 0 Å². The van der Waals surface area contributed by atoms with Crippen LogP contribution < -0.4 is 10.6 Å². The predicted octanol–water partition coefficient (Wildman–Crippen LogP) is 3.55. The molecule has 0 aromatic heterocycles. The molecular weight excluding hydrogens is 387 g/mol. The maximum atomic E-state index is 12.8. The molecular formula is C17H17ClF3N3O3. The van der Waals surface area contributed by atoms with Gasteiger partial charge in [0.05, 0.1) is 16.3 Å². The summed E-state index contributed by atoms with van der Waals surface area (Å²) >= 11 is 5.84. The minimum atomic E-state index is -4.60. The van der Waals surface area contributed by atoms with Crippen molar-refractivity contribution in [1.82, 2.24) is 10.2 Å². The first kappa shape index (κ1) is 19.5. The number of rotatable bonds is 3. The number of carbonyl (C=O) groups is 3. The van der Waals surface area contributed by atoms with Crippen molar-refractivity contribution >= 4 is 35.1 Å². The SMILES string of the molecule is O=C(CN1C(=O)NC2(CCCCC2)C1=O)Nc1cc(C(F)(F)F)ccc1Cl. The molecule has 0 unspecified atom stereocenters. The topological polar surface area (TPSA) is 78.5 Å². The number of hydrogen-bond acceptors (Lipinski definition) is 3. The first-order valence-corrected chi connectivity index (χ1v) is 8.81. The third-order valence-corrected chi connectivity index (χ3v) is 5.15. The summed E-state index contributed by atoms with van der Waals surface area (Å²) in [5.41, 5.74) is -2.18. The van der Waals surface area contributed by atoms with Crippen LogP contribution in [0.15, 0.2) is 18.2 Å². The van der Waals surface area contributed by atoms with Gasteiger partial charge in [0.25, 0.3) is 5.91 Å². The van der Waals surface area contributed by atoms with Gasteiger partial charge in [0, 0.05) is 0 Å². The van der Waals surface area contributed by atoms with Crippen molar-refractivity contribution in [2.45, 2.75) is 43.8 Å². The van der Waals surface area contributed by atoms with E-state index in [1.54, 1.807) is 0 Å². The fourth-order valence-corrected chi connectivity index (χ4v) is 3.61. The first-order valence-electron chi connectivity index (χ1n) is 8.43. The molecule has 2 fully saturated rings. The van der Waals surface area contributed by atoms with Crippen LogP contribution in [-0.4, -0.2) is 34.8 Å². The molecule has 6 nitrogen and oxygen atoms in total. The fourth-order valence-electron chi connectivity index (χ4n) is 3.44. The molecule has 1 aromatic carbocycles. The quantitative estimate of drug-likeness (QED) is 0.757. The van der Waals surface area contributed by atoms with Gasteiger partial charge >= 0.3 is 12.2 Å². The van der Waals surface area contributed by atoms with Gasteiger partial charge in [-0.15, -0.1) is 0 Å². The van der Waals surface area contributed by atoms with E-state index < -0.39 is 41.7 Å². The second-order valence-electron chi connectivity index (χ2n) is 6.70. The lowest BCUT2D eigenvalue weighted by molar-refractivity contribution is -0.137. The smallest absolute Gasteiger partial charge is 0.323 e. The Labute approximate surface area is 158 Å². The Bertz CT molecular complexity index is 791. The minimum absolute atomic E-state index is 0.0858. The molecule has 0 atom stereocenters. The molecule has 1 aromatic rings. The molecule has 1 saturated heterocycles. The Balaban J connectivity index is 1.71. The van der Waals surface area contributed by atoms with Gasteiger partial charge in [-0.2, -0.15) is 13.2 Å². The molecule has 2 aliphatic rings. The summed E-state index contributed by atoms with van der Waals surface area (Å²) < 4.78 is 38.4. The van der Waals surface area contributed by atoms with E-state index in [2.05, 4.69) is 10.6 Å². The molecule has 3 rings (SSSR count). The van der Waals surface area contributed by atoms with E-state index in [0.29, 0.717) is 18.9 Å². The number of hydrogen-bond donors (Lipinski definition) is 2. The van der Waals surface area contributed by atoms with Gasteiger partial charge in [-0.3, -0.25) is 14.5 Å². The molecule has 2 N–H and O–H groups in total. The highest BCUT2D eigenvalue weighted by molar-refractivity contribution is 6.33. The van der Waals surface area contributed by atoms with E-state index in [0.717, 1.165) is 36.3 Å². The number of imide groups is 1. The zero-order valence-electron chi connectivity index (χ0n) is 14.2. The Hall–Kier alpha value is -2.29. The first-order chi connectivity index (χ1) is 12.6. The molecule has 1 heterocycles. The molecule has 4 amide bonds. The van der Waals surface area contributed by atoms with Crippen LogP contribution in [-0.2, 0) is 15.8 Å². The number of nitrogens with one attached hydrogen (secondary N) is 2. The van der Waals surface area contributed by atoms with Crippen LogP contribution in [0.2, 0.25) is 5.02 Å². The largest absolute Gasteiger partial charge is 0.416 e. The highest BCUT2D eigenvalue weighted by atomic mass is 35.5. The lowest BCUT2D eigenvalue weighted by atomic mass is 9.82. The van der Waals surface area contributed by atoms with Crippen molar-refractivity contribution in [2.24, 2.45) is 0 Å². The average molecular weight is 404 g/mol. The number of urea groups is 1. The Morgan fingerprint density at radius 2 is 1.89 bits per heavy atom. The number of nitrogens with zero attached hydrogens (tertiary/aromatic N) is 1. The Morgan fingerprint density at radius 1 is 1.22 bits per heavy atom. The molecule has 1 aliphatic heterocycles. The summed E-state index contributed by atoms with van der Waals surface area (Å²) in [5, 5.41) is 4.81. The Kier molecular flexibility index (Phi) is 5.07. The summed E-state index contributed by atoms with van der Waals surface area (Å²) in [7, 11) is 0. The van der Waals surface area contributed by atoms with Crippen LogP contribution in [0.4, 0.5) is 23.7 Å². The van der Waals surface area contributed by atoms with Crippen molar-refractivity contribution < 1.29 is 27.6 Å². The number of halogens is 4. The van der Waals surface area contributed by atoms with E-state index in [9.17, 15) is 27.6 Å². The molecule has 0 radical (unpaired) electrons. The zero-order chi connectivity index (χ0) is 19.8. The molecule has 0 bridgehead atoms. The van der Waals surface area contributed by atoms with Gasteiger partial charge < -0.3 is 10.6 Å². The summed E-state index contributed by atoms with van der Waals surface area (Å²) in [6.07, 6.45) is -1.01. The van der Waals surface area contributed by atoms with Gasteiger partial charge in [-0.05, 0) is 31.0 Å². The van der Waals surface area contributed by atoms with E-state index in [4.69, 9.17) is 11.6 Å². The lowest BCUT2D eigenvalue weighted by Gasteiger charge is -2.30. The van der Waals surface area contributed by atoms with Crippen LogP contribution in [0.3, 0.4) is 0 Å². The van der Waals surface area contributed by atoms with Crippen LogP contribution in [0.1, 0.15) is 37.7 Å². The molecule has 1 saturated carbocycles. The lowest BCUT2D eigenvalue weighted by Crippen LogP contribution is -2.48. The second kappa shape index (κ2) is 7.03. The third kappa shape index (κ3) is 3.87. The zero-order valence-corrected chi connectivity index (χ0v) is 14.9. The fraction of sp³-hybridized carbons (Fsp3) is 0.471. The number of carbonyl (C=O) groups excluding carboxylic acids is 3. The Morgan fingerprint density at radius 3 is 2.52 bits per heavy atom.